The molecular weight excluding hydrogens is 278 g/mol. The van der Waals surface area contributed by atoms with Crippen molar-refractivity contribution in [3.8, 4) is 0 Å². The Hall–Kier alpha value is -2.95. The van der Waals surface area contributed by atoms with E-state index in [9.17, 15) is 9.59 Å². The highest BCUT2D eigenvalue weighted by atomic mass is 16.2. The fourth-order valence-electron chi connectivity index (χ4n) is 2.42. The number of benzene rings is 2. The van der Waals surface area contributed by atoms with Gasteiger partial charge in [0, 0.05) is 8.47 Å². The molecule has 2 amide bonds. The van der Waals surface area contributed by atoms with Crippen molar-refractivity contribution in [2.45, 2.75) is 0 Å². The van der Waals surface area contributed by atoms with Gasteiger partial charge < -0.3 is 5.32 Å². The lowest BCUT2D eigenvalue weighted by molar-refractivity contribution is -0.129. The predicted octanol–water partition coefficient (Wildman–Crippen LogP) is 2.05. The number of carbonyl (C=O) groups is 2. The number of hydrazone groups is 1. The van der Waals surface area contributed by atoms with Gasteiger partial charge in [-0.15, -0.1) is 0 Å². The Morgan fingerprint density at radius 3 is 2.27 bits per heavy atom. The second kappa shape index (κ2) is 5.81. The van der Waals surface area contributed by atoms with Crippen molar-refractivity contribution < 1.29 is 11.0 Å². The molecular formula is C17H17N3O2. The van der Waals surface area contributed by atoms with Gasteiger partial charge in [0.2, 0.25) is 5.91 Å². The van der Waals surface area contributed by atoms with Crippen LogP contribution in [-0.4, -0.2) is 24.6 Å². The van der Waals surface area contributed by atoms with Crippen LogP contribution in [0.1, 0.15) is 6.99 Å². The van der Waals surface area contributed by atoms with Crippen molar-refractivity contribution in [3.63, 3.8) is 0 Å². The first-order valence-electron chi connectivity index (χ1n) is 6.97. The van der Waals surface area contributed by atoms with Crippen LogP contribution < -0.4 is 10.3 Å². The number of rotatable bonds is 3. The topological polar surface area (TPSA) is 61.8 Å². The highest BCUT2D eigenvalue weighted by molar-refractivity contribution is 6.31. The number of para-hydroxylation sites is 1. The summed E-state index contributed by atoms with van der Waals surface area (Å²) in [5.74, 6) is -1.62. The average Bonchev–Trinajstić information content (AvgIpc) is 2.93. The Bertz CT molecular complexity index is 732. The molecule has 0 bridgehead atoms. The number of anilines is 1. The maximum absolute atomic E-state index is 12.6. The summed E-state index contributed by atoms with van der Waals surface area (Å²) in [5.41, 5.74) is 1.88. The highest BCUT2D eigenvalue weighted by Gasteiger charge is 2.41. The van der Waals surface area contributed by atoms with Crippen LogP contribution in [0.4, 0.5) is 5.69 Å². The van der Waals surface area contributed by atoms with Crippen LogP contribution in [0, 0.1) is 5.92 Å². The summed E-state index contributed by atoms with van der Waals surface area (Å²) in [6, 6.07) is 18.4. The van der Waals surface area contributed by atoms with E-state index < -0.39 is 5.92 Å². The molecule has 1 heterocycles. The van der Waals surface area contributed by atoms with Gasteiger partial charge in [0.15, 0.2) is 5.92 Å². The van der Waals surface area contributed by atoms with E-state index in [4.69, 9.17) is 0 Å². The quantitative estimate of drug-likeness (QED) is 0.881. The number of hydrogen-bond acceptors (Lipinski definition) is 3. The first kappa shape index (κ1) is 14.0. The molecule has 1 aliphatic rings. The summed E-state index contributed by atoms with van der Waals surface area (Å²) >= 11 is 0. The monoisotopic (exact) mass is 295 g/mol. The predicted molar refractivity (Wildman–Crippen MR) is 86.6 cm³/mol. The lowest BCUT2D eigenvalue weighted by atomic mass is 9.96. The van der Waals surface area contributed by atoms with E-state index in [1.165, 1.54) is 12.1 Å². The Labute approximate surface area is 129 Å². The molecule has 112 valence electrons. The molecule has 0 saturated carbocycles. The van der Waals surface area contributed by atoms with Gasteiger partial charge in [0.25, 0.3) is 5.91 Å². The molecule has 5 heteroatoms. The minimum absolute atomic E-state index is 0. The molecule has 2 aromatic carbocycles. The zero-order valence-corrected chi connectivity index (χ0v) is 12.1. The number of nitrogens with one attached hydrogen (secondary N) is 1. The normalized spacial score (nSPS) is 17.3. The van der Waals surface area contributed by atoms with Crippen LogP contribution in [0.2, 0.25) is 0 Å². The van der Waals surface area contributed by atoms with E-state index in [-0.39, 0.29) is 13.2 Å². The summed E-state index contributed by atoms with van der Waals surface area (Å²) in [6.07, 6.45) is 0. The molecule has 2 aromatic rings. The van der Waals surface area contributed by atoms with Crippen LogP contribution in [0.5, 0.6) is 0 Å². The van der Waals surface area contributed by atoms with E-state index in [0.29, 0.717) is 11.4 Å². The Morgan fingerprint density at radius 1 is 1.09 bits per heavy atom. The van der Waals surface area contributed by atoms with Gasteiger partial charge >= 0.3 is 0 Å². The Balaban J connectivity index is 0.00000192. The van der Waals surface area contributed by atoms with Crippen molar-refractivity contribution in [3.05, 3.63) is 66.2 Å². The number of nitrogens with zero attached hydrogens (tertiary/aromatic N) is 2. The second-order valence-corrected chi connectivity index (χ2v) is 4.88. The molecule has 0 saturated heterocycles. The van der Waals surface area contributed by atoms with Crippen LogP contribution in [0.15, 0.2) is 65.8 Å². The first-order chi connectivity index (χ1) is 10.7. The van der Waals surface area contributed by atoms with Gasteiger partial charge in [0.05, 0.1) is 11.4 Å². The molecule has 0 aromatic heterocycles. The van der Waals surface area contributed by atoms with Crippen molar-refractivity contribution >= 4 is 23.2 Å². The van der Waals surface area contributed by atoms with Crippen LogP contribution in [0.25, 0.3) is 0 Å². The number of amides is 2. The fraction of sp³-hybridized carbons (Fsp3) is 0.118. The maximum atomic E-state index is 12.6. The van der Waals surface area contributed by atoms with Crippen molar-refractivity contribution in [2.24, 2.45) is 11.0 Å². The number of carbonyl (C=O) groups excluding carboxylic acids is 2. The zero-order chi connectivity index (χ0) is 15.5. The standard InChI is InChI=1S/C17H15N3O2.H2/c1-18-16(21)14-15(12-8-4-2-5-9-12)19-20(17(14)22)13-10-6-3-7-11-13;/h2-11,14H,1H3,(H,18,21);1H. The summed E-state index contributed by atoms with van der Waals surface area (Å²) in [5, 5.41) is 8.24. The molecule has 0 radical (unpaired) electrons. The van der Waals surface area contributed by atoms with Gasteiger partial charge in [-0.2, -0.15) is 10.1 Å². The molecule has 1 atom stereocenters. The largest absolute Gasteiger partial charge is 0.358 e. The summed E-state index contributed by atoms with van der Waals surface area (Å²) in [4.78, 5) is 24.8. The summed E-state index contributed by atoms with van der Waals surface area (Å²) in [6.45, 7) is 0. The smallest absolute Gasteiger partial charge is 0.266 e. The van der Waals surface area contributed by atoms with Gasteiger partial charge in [-0.25, -0.2) is 0 Å². The Kier molecular flexibility index (Phi) is 3.70. The van der Waals surface area contributed by atoms with Crippen LogP contribution >= 0.6 is 0 Å². The van der Waals surface area contributed by atoms with E-state index in [1.54, 1.807) is 12.1 Å². The van der Waals surface area contributed by atoms with Gasteiger partial charge in [-0.3, -0.25) is 9.59 Å². The van der Waals surface area contributed by atoms with Gasteiger partial charge in [-0.05, 0) is 17.7 Å². The summed E-state index contributed by atoms with van der Waals surface area (Å²) in [7, 11) is 1.52. The van der Waals surface area contributed by atoms with Gasteiger partial charge in [0.1, 0.15) is 0 Å². The third-order valence-electron chi connectivity index (χ3n) is 3.52. The lowest BCUT2D eigenvalue weighted by Gasteiger charge is -2.13. The molecule has 0 spiro atoms. The van der Waals surface area contributed by atoms with Crippen LogP contribution in [0.3, 0.4) is 0 Å². The van der Waals surface area contributed by atoms with Crippen molar-refractivity contribution in [1.82, 2.24) is 5.32 Å². The second-order valence-electron chi connectivity index (χ2n) is 4.88. The van der Waals surface area contributed by atoms with Crippen molar-refractivity contribution in [2.75, 3.05) is 12.1 Å². The minimum atomic E-state index is -0.924. The van der Waals surface area contributed by atoms with E-state index in [1.807, 2.05) is 48.5 Å². The van der Waals surface area contributed by atoms with Gasteiger partial charge in [-0.1, -0.05) is 48.5 Å². The molecule has 1 aliphatic heterocycles. The van der Waals surface area contributed by atoms with E-state index in [2.05, 4.69) is 10.4 Å². The molecule has 0 fully saturated rings. The Morgan fingerprint density at radius 2 is 1.68 bits per heavy atom. The minimum Gasteiger partial charge on any atom is -0.358 e. The molecule has 3 rings (SSSR count). The summed E-state index contributed by atoms with van der Waals surface area (Å²) < 4.78 is 0. The third-order valence-corrected chi connectivity index (χ3v) is 3.52. The third kappa shape index (κ3) is 2.37. The fourth-order valence-corrected chi connectivity index (χ4v) is 2.42. The molecule has 1 unspecified atom stereocenters. The molecule has 22 heavy (non-hydrogen) atoms. The maximum Gasteiger partial charge on any atom is 0.266 e. The SMILES string of the molecule is CNC(=O)C1C(=O)N(c2ccccc2)N=C1c1ccccc1.[HH]. The molecule has 0 aliphatic carbocycles. The van der Waals surface area contributed by atoms with E-state index >= 15 is 0 Å². The first-order valence-corrected chi connectivity index (χ1v) is 6.97. The van der Waals surface area contributed by atoms with Crippen molar-refractivity contribution in [1.29, 1.82) is 0 Å². The lowest BCUT2D eigenvalue weighted by Crippen LogP contribution is -2.39. The highest BCUT2D eigenvalue weighted by Crippen LogP contribution is 2.26. The molecule has 1 N–H and O–H groups in total. The van der Waals surface area contributed by atoms with Crippen LogP contribution in [-0.2, 0) is 9.59 Å². The van der Waals surface area contributed by atoms with E-state index in [0.717, 1.165) is 5.56 Å². The molecule has 5 nitrogen and oxygen atoms in total. The number of hydrogen-bond donors (Lipinski definition) is 1. The average molecular weight is 295 g/mol. The zero-order valence-electron chi connectivity index (χ0n) is 12.1.